The van der Waals surface area contributed by atoms with E-state index in [-0.39, 0.29) is 0 Å². The molecular formula is C8H10ClN5. The molecule has 0 unspecified atom stereocenters. The van der Waals surface area contributed by atoms with Gasteiger partial charge in [-0.1, -0.05) is 11.6 Å². The Bertz CT molecular complexity index is 451. The van der Waals surface area contributed by atoms with E-state index in [1.807, 2.05) is 6.92 Å². The molecule has 0 radical (unpaired) electrons. The summed E-state index contributed by atoms with van der Waals surface area (Å²) in [5, 5.41) is 8.96. The highest BCUT2D eigenvalue weighted by Gasteiger charge is 2.09. The topological polar surface area (TPSA) is 61.7 Å². The molecule has 74 valence electrons. The van der Waals surface area contributed by atoms with Crippen molar-refractivity contribution in [3.63, 3.8) is 0 Å². The first-order valence-electron chi connectivity index (χ1n) is 4.09. The molecule has 5 nitrogen and oxygen atoms in total. The van der Waals surface area contributed by atoms with Gasteiger partial charge in [0.05, 0.1) is 22.6 Å². The van der Waals surface area contributed by atoms with Gasteiger partial charge in [-0.3, -0.25) is 4.68 Å². The molecule has 0 bridgehead atoms. The van der Waals surface area contributed by atoms with Crippen molar-refractivity contribution in [2.45, 2.75) is 6.92 Å². The third-order valence-corrected chi connectivity index (χ3v) is 2.26. The first-order valence-corrected chi connectivity index (χ1v) is 4.47. The minimum Gasteiger partial charge on any atom is -0.394 e. The number of aromatic nitrogens is 4. The lowest BCUT2D eigenvalue weighted by atomic mass is 10.5. The van der Waals surface area contributed by atoms with Crippen LogP contribution in [0.3, 0.4) is 0 Å². The van der Waals surface area contributed by atoms with Crippen LogP contribution in [0.1, 0.15) is 5.69 Å². The molecule has 0 spiro atoms. The Kier molecular flexibility index (Phi) is 1.96. The lowest BCUT2D eigenvalue weighted by Crippen LogP contribution is -2.00. The van der Waals surface area contributed by atoms with Gasteiger partial charge in [0.25, 0.3) is 0 Å². The Morgan fingerprint density at radius 3 is 2.50 bits per heavy atom. The van der Waals surface area contributed by atoms with Gasteiger partial charge in [0.15, 0.2) is 5.82 Å². The summed E-state index contributed by atoms with van der Waals surface area (Å²) in [4.78, 5) is 0. The summed E-state index contributed by atoms with van der Waals surface area (Å²) >= 11 is 5.88. The Balaban J connectivity index is 2.54. The van der Waals surface area contributed by atoms with Crippen LogP contribution in [0.4, 0.5) is 5.69 Å². The van der Waals surface area contributed by atoms with Gasteiger partial charge in [-0.25, -0.2) is 4.68 Å². The maximum absolute atomic E-state index is 5.88. The summed E-state index contributed by atoms with van der Waals surface area (Å²) < 4.78 is 3.21. The number of hydrogen-bond donors (Lipinski definition) is 1. The molecule has 0 saturated carbocycles. The number of halogens is 1. The SMILES string of the molecule is Cc1nn(-c2nn(C)cc2N)cc1Cl. The number of aryl methyl sites for hydroxylation is 2. The van der Waals surface area contributed by atoms with Crippen molar-refractivity contribution in [2.24, 2.45) is 7.05 Å². The number of nitrogen functional groups attached to an aromatic ring is 1. The molecule has 6 heteroatoms. The number of nitrogens with two attached hydrogens (primary N) is 1. The van der Waals surface area contributed by atoms with E-state index in [9.17, 15) is 0 Å². The first kappa shape index (κ1) is 9.08. The highest BCUT2D eigenvalue weighted by atomic mass is 35.5. The first-order chi connectivity index (χ1) is 6.58. The molecule has 0 saturated heterocycles. The third-order valence-electron chi connectivity index (χ3n) is 1.89. The van der Waals surface area contributed by atoms with E-state index >= 15 is 0 Å². The number of anilines is 1. The summed E-state index contributed by atoms with van der Waals surface area (Å²) in [6.45, 7) is 1.83. The molecular weight excluding hydrogens is 202 g/mol. The monoisotopic (exact) mass is 211 g/mol. The lowest BCUT2D eigenvalue weighted by molar-refractivity contribution is 0.729. The fourth-order valence-electron chi connectivity index (χ4n) is 1.22. The molecule has 2 rings (SSSR count). The molecule has 2 N–H and O–H groups in total. The molecule has 0 aliphatic rings. The van der Waals surface area contributed by atoms with Crippen molar-refractivity contribution in [1.29, 1.82) is 0 Å². The summed E-state index contributed by atoms with van der Waals surface area (Å²) in [5.41, 5.74) is 7.08. The normalized spacial score (nSPS) is 10.8. The van der Waals surface area contributed by atoms with Crippen molar-refractivity contribution in [1.82, 2.24) is 19.6 Å². The van der Waals surface area contributed by atoms with Gasteiger partial charge >= 0.3 is 0 Å². The van der Waals surface area contributed by atoms with Gasteiger partial charge in [-0.2, -0.15) is 10.2 Å². The highest BCUT2D eigenvalue weighted by Crippen LogP contribution is 2.18. The molecule has 0 amide bonds. The van der Waals surface area contributed by atoms with Crippen molar-refractivity contribution < 1.29 is 0 Å². The van der Waals surface area contributed by atoms with Gasteiger partial charge in [0.1, 0.15) is 0 Å². The van der Waals surface area contributed by atoms with Crippen LogP contribution in [-0.4, -0.2) is 19.6 Å². The van der Waals surface area contributed by atoms with Crippen molar-refractivity contribution in [3.8, 4) is 5.82 Å². The van der Waals surface area contributed by atoms with Gasteiger partial charge in [-0.15, -0.1) is 0 Å². The second-order valence-corrected chi connectivity index (χ2v) is 3.50. The average Bonchev–Trinajstić information content (AvgIpc) is 2.57. The largest absolute Gasteiger partial charge is 0.394 e. The maximum Gasteiger partial charge on any atom is 0.198 e. The van der Waals surface area contributed by atoms with E-state index in [0.29, 0.717) is 16.5 Å². The van der Waals surface area contributed by atoms with Crippen molar-refractivity contribution in [2.75, 3.05) is 5.73 Å². The summed E-state index contributed by atoms with van der Waals surface area (Å²) in [7, 11) is 1.80. The van der Waals surface area contributed by atoms with E-state index in [1.165, 1.54) is 0 Å². The second kappa shape index (κ2) is 3.02. The Hall–Kier alpha value is -1.49. The Morgan fingerprint density at radius 1 is 1.36 bits per heavy atom. The molecule has 2 aromatic heterocycles. The van der Waals surface area contributed by atoms with Crippen LogP contribution >= 0.6 is 11.6 Å². The fraction of sp³-hybridized carbons (Fsp3) is 0.250. The molecule has 0 aliphatic heterocycles. The van der Waals surface area contributed by atoms with Gasteiger partial charge in [-0.05, 0) is 6.92 Å². The molecule has 0 aromatic carbocycles. The zero-order valence-corrected chi connectivity index (χ0v) is 8.65. The summed E-state index contributed by atoms with van der Waals surface area (Å²) in [5.74, 6) is 0.600. The quantitative estimate of drug-likeness (QED) is 0.770. The second-order valence-electron chi connectivity index (χ2n) is 3.09. The maximum atomic E-state index is 5.88. The van der Waals surface area contributed by atoms with Crippen molar-refractivity contribution in [3.05, 3.63) is 23.1 Å². The predicted molar refractivity (Wildman–Crippen MR) is 54.5 cm³/mol. The van der Waals surface area contributed by atoms with Crippen LogP contribution in [0.25, 0.3) is 5.82 Å². The average molecular weight is 212 g/mol. The minimum absolute atomic E-state index is 0.576. The lowest BCUT2D eigenvalue weighted by Gasteiger charge is -1.95. The van der Waals surface area contributed by atoms with Crippen LogP contribution < -0.4 is 5.73 Å². The molecule has 0 fully saturated rings. The van der Waals surface area contributed by atoms with Crippen LogP contribution in [0, 0.1) is 6.92 Å². The molecule has 14 heavy (non-hydrogen) atoms. The Morgan fingerprint density at radius 2 is 2.07 bits per heavy atom. The zero-order valence-electron chi connectivity index (χ0n) is 7.90. The summed E-state index contributed by atoms with van der Waals surface area (Å²) in [6, 6.07) is 0. The Labute approximate surface area is 86.1 Å². The number of hydrogen-bond acceptors (Lipinski definition) is 3. The molecule has 2 aromatic rings. The van der Waals surface area contributed by atoms with E-state index in [0.717, 1.165) is 5.69 Å². The van der Waals surface area contributed by atoms with E-state index in [4.69, 9.17) is 17.3 Å². The van der Waals surface area contributed by atoms with E-state index in [1.54, 1.807) is 28.8 Å². The predicted octanol–water partition coefficient (Wildman–Crippen LogP) is 1.15. The van der Waals surface area contributed by atoms with Gasteiger partial charge in [0.2, 0.25) is 0 Å². The molecule has 0 atom stereocenters. The van der Waals surface area contributed by atoms with Gasteiger partial charge < -0.3 is 5.73 Å². The summed E-state index contributed by atoms with van der Waals surface area (Å²) in [6.07, 6.45) is 3.41. The number of nitrogens with zero attached hydrogens (tertiary/aromatic N) is 4. The molecule has 2 heterocycles. The third kappa shape index (κ3) is 1.35. The number of rotatable bonds is 1. The minimum atomic E-state index is 0.576. The van der Waals surface area contributed by atoms with Crippen LogP contribution in [0.2, 0.25) is 5.02 Å². The van der Waals surface area contributed by atoms with Crippen LogP contribution in [0.5, 0.6) is 0 Å². The van der Waals surface area contributed by atoms with E-state index < -0.39 is 0 Å². The highest BCUT2D eigenvalue weighted by molar-refractivity contribution is 6.31. The standard InChI is InChI=1S/C8H10ClN5/c1-5-6(9)3-14(11-5)8-7(10)4-13(2)12-8/h3-4H,10H2,1-2H3. The zero-order chi connectivity index (χ0) is 10.3. The molecule has 0 aliphatic carbocycles. The van der Waals surface area contributed by atoms with Crippen LogP contribution in [0.15, 0.2) is 12.4 Å². The van der Waals surface area contributed by atoms with Crippen LogP contribution in [-0.2, 0) is 7.05 Å². The van der Waals surface area contributed by atoms with Crippen molar-refractivity contribution >= 4 is 17.3 Å². The smallest absolute Gasteiger partial charge is 0.198 e. The van der Waals surface area contributed by atoms with E-state index in [2.05, 4.69) is 10.2 Å². The van der Waals surface area contributed by atoms with Gasteiger partial charge in [0, 0.05) is 13.2 Å². The fourth-order valence-corrected chi connectivity index (χ4v) is 1.35.